The summed E-state index contributed by atoms with van der Waals surface area (Å²) < 4.78 is 0. The number of hydrogen-bond acceptors (Lipinski definition) is 2. The molecule has 0 atom stereocenters. The second-order valence-corrected chi connectivity index (χ2v) is 3.34. The number of rotatable bonds is 2. The summed E-state index contributed by atoms with van der Waals surface area (Å²) in [5.74, 6) is 0. The van der Waals surface area contributed by atoms with Gasteiger partial charge in [-0.05, 0) is 32.9 Å². The molecule has 1 heterocycles. The van der Waals surface area contributed by atoms with Gasteiger partial charge in [0.2, 0.25) is 0 Å². The Morgan fingerprint density at radius 3 is 2.50 bits per heavy atom. The van der Waals surface area contributed by atoms with Gasteiger partial charge < -0.3 is 9.80 Å². The predicted molar refractivity (Wildman–Crippen MR) is 52.5 cm³/mol. The van der Waals surface area contributed by atoms with E-state index in [0.29, 0.717) is 6.04 Å². The van der Waals surface area contributed by atoms with Crippen LogP contribution in [0, 0.1) is 0 Å². The lowest BCUT2D eigenvalue weighted by Gasteiger charge is -2.29. The molecule has 0 radical (unpaired) electrons. The molecule has 0 aromatic heterocycles. The quantitative estimate of drug-likeness (QED) is 0.619. The molecule has 1 aliphatic rings. The van der Waals surface area contributed by atoms with Crippen molar-refractivity contribution in [2.75, 3.05) is 13.2 Å². The van der Waals surface area contributed by atoms with Gasteiger partial charge in [0.15, 0.2) is 0 Å². The molecule has 0 fully saturated rings. The Bertz CT molecular complexity index is 182. The van der Waals surface area contributed by atoms with Crippen LogP contribution >= 0.6 is 0 Å². The highest BCUT2D eigenvalue weighted by atomic mass is 15.3. The fourth-order valence-corrected chi connectivity index (χ4v) is 1.18. The van der Waals surface area contributed by atoms with Crippen LogP contribution in [-0.4, -0.2) is 29.1 Å². The van der Waals surface area contributed by atoms with Gasteiger partial charge >= 0.3 is 0 Å². The minimum atomic E-state index is 0.579. The number of nitrogens with zero attached hydrogens (tertiary/aromatic N) is 2. The molecule has 1 rings (SSSR count). The molecule has 1 aliphatic heterocycles. The molecule has 68 valence electrons. The lowest BCUT2D eigenvalue weighted by Crippen LogP contribution is -2.34. The first-order chi connectivity index (χ1) is 5.74. The average Bonchev–Trinajstić information content (AvgIpc) is 2.28. The van der Waals surface area contributed by atoms with Crippen molar-refractivity contribution in [3.8, 4) is 0 Å². The highest BCUT2D eigenvalue weighted by molar-refractivity contribution is 5.05. The van der Waals surface area contributed by atoms with Gasteiger partial charge in [0, 0.05) is 25.0 Å². The van der Waals surface area contributed by atoms with Crippen LogP contribution in [0.1, 0.15) is 20.8 Å². The van der Waals surface area contributed by atoms with Crippen LogP contribution in [0.25, 0.3) is 0 Å². The van der Waals surface area contributed by atoms with Gasteiger partial charge in [-0.15, -0.1) is 0 Å². The van der Waals surface area contributed by atoms with Crippen molar-refractivity contribution in [1.29, 1.82) is 0 Å². The third-order valence-electron chi connectivity index (χ3n) is 2.10. The standard InChI is InChI=1S/C10H18N2/c1-4-11-7-5-6-8-12(9-11)10(2)3/h5-8,10H,4,9H2,1-3H3. The Morgan fingerprint density at radius 1 is 1.25 bits per heavy atom. The molecular weight excluding hydrogens is 148 g/mol. The fraction of sp³-hybridized carbons (Fsp3) is 0.600. The van der Waals surface area contributed by atoms with Crippen molar-refractivity contribution in [2.24, 2.45) is 0 Å². The van der Waals surface area contributed by atoms with Crippen LogP contribution in [0.2, 0.25) is 0 Å². The molecule has 0 aliphatic carbocycles. The first-order valence-corrected chi connectivity index (χ1v) is 4.59. The maximum Gasteiger partial charge on any atom is 0.0894 e. The first kappa shape index (κ1) is 9.17. The highest BCUT2D eigenvalue weighted by Crippen LogP contribution is 2.05. The van der Waals surface area contributed by atoms with E-state index in [0.717, 1.165) is 13.2 Å². The largest absolute Gasteiger partial charge is 0.360 e. The molecule has 12 heavy (non-hydrogen) atoms. The molecule has 0 aromatic carbocycles. The van der Waals surface area contributed by atoms with E-state index in [1.165, 1.54) is 0 Å². The smallest absolute Gasteiger partial charge is 0.0894 e. The monoisotopic (exact) mass is 166 g/mol. The fourth-order valence-electron chi connectivity index (χ4n) is 1.18. The Hall–Kier alpha value is -0.920. The van der Waals surface area contributed by atoms with Gasteiger partial charge in [-0.2, -0.15) is 0 Å². The van der Waals surface area contributed by atoms with Crippen LogP contribution < -0.4 is 0 Å². The summed E-state index contributed by atoms with van der Waals surface area (Å²) in [6.45, 7) is 8.67. The topological polar surface area (TPSA) is 6.48 Å². The molecule has 0 saturated carbocycles. The molecule has 0 bridgehead atoms. The van der Waals surface area contributed by atoms with Crippen LogP contribution in [0.5, 0.6) is 0 Å². The second kappa shape index (κ2) is 4.19. The van der Waals surface area contributed by atoms with Gasteiger partial charge in [-0.3, -0.25) is 0 Å². The average molecular weight is 166 g/mol. The van der Waals surface area contributed by atoms with Crippen LogP contribution in [0.15, 0.2) is 24.6 Å². The summed E-state index contributed by atoms with van der Waals surface area (Å²) in [5.41, 5.74) is 0. The zero-order valence-electron chi connectivity index (χ0n) is 8.20. The maximum atomic E-state index is 2.32. The van der Waals surface area contributed by atoms with Crippen molar-refractivity contribution in [3.63, 3.8) is 0 Å². The Kier molecular flexibility index (Phi) is 3.20. The summed E-state index contributed by atoms with van der Waals surface area (Å²) in [5, 5.41) is 0. The minimum Gasteiger partial charge on any atom is -0.360 e. The normalized spacial score (nSPS) is 17.3. The zero-order valence-corrected chi connectivity index (χ0v) is 8.20. The van der Waals surface area contributed by atoms with E-state index in [4.69, 9.17) is 0 Å². The number of hydrogen-bond donors (Lipinski definition) is 0. The van der Waals surface area contributed by atoms with E-state index < -0.39 is 0 Å². The van der Waals surface area contributed by atoms with E-state index in [1.54, 1.807) is 0 Å². The summed E-state index contributed by atoms with van der Waals surface area (Å²) in [4.78, 5) is 4.61. The van der Waals surface area contributed by atoms with Crippen molar-refractivity contribution in [2.45, 2.75) is 26.8 Å². The lowest BCUT2D eigenvalue weighted by atomic mass is 10.3. The van der Waals surface area contributed by atoms with Crippen molar-refractivity contribution in [1.82, 2.24) is 9.80 Å². The summed E-state index contributed by atoms with van der Waals surface area (Å²) in [7, 11) is 0. The molecule has 0 spiro atoms. The van der Waals surface area contributed by atoms with Gasteiger partial charge in [0.1, 0.15) is 0 Å². The van der Waals surface area contributed by atoms with Crippen molar-refractivity contribution in [3.05, 3.63) is 24.6 Å². The molecule has 0 aromatic rings. The van der Waals surface area contributed by atoms with Crippen LogP contribution in [0.4, 0.5) is 0 Å². The lowest BCUT2D eigenvalue weighted by molar-refractivity contribution is 0.202. The Balaban J connectivity index is 2.57. The Labute approximate surface area is 75.2 Å². The first-order valence-electron chi connectivity index (χ1n) is 4.59. The summed E-state index contributed by atoms with van der Waals surface area (Å²) >= 11 is 0. The SMILES string of the molecule is CCN1C=CC=CN(C(C)C)C1. The van der Waals surface area contributed by atoms with E-state index in [9.17, 15) is 0 Å². The molecule has 0 unspecified atom stereocenters. The van der Waals surface area contributed by atoms with Crippen molar-refractivity contribution >= 4 is 0 Å². The summed E-state index contributed by atoms with van der Waals surface area (Å²) in [6, 6.07) is 0.579. The molecular formula is C10H18N2. The molecule has 0 amide bonds. The van der Waals surface area contributed by atoms with Crippen LogP contribution in [-0.2, 0) is 0 Å². The zero-order chi connectivity index (χ0) is 8.97. The second-order valence-electron chi connectivity index (χ2n) is 3.34. The van der Waals surface area contributed by atoms with E-state index in [1.807, 2.05) is 0 Å². The molecule has 2 heteroatoms. The third kappa shape index (κ3) is 2.29. The van der Waals surface area contributed by atoms with Crippen molar-refractivity contribution < 1.29 is 0 Å². The predicted octanol–water partition coefficient (Wildman–Crippen LogP) is 2.02. The molecule has 2 nitrogen and oxygen atoms in total. The van der Waals surface area contributed by atoms with E-state index >= 15 is 0 Å². The number of allylic oxidation sites excluding steroid dienone is 2. The molecule has 0 saturated heterocycles. The third-order valence-corrected chi connectivity index (χ3v) is 2.10. The van der Waals surface area contributed by atoms with Gasteiger partial charge in [-0.1, -0.05) is 0 Å². The summed E-state index contributed by atoms with van der Waals surface area (Å²) in [6.07, 6.45) is 8.47. The van der Waals surface area contributed by atoms with Gasteiger partial charge in [0.05, 0.1) is 6.67 Å². The minimum absolute atomic E-state index is 0.579. The highest BCUT2D eigenvalue weighted by Gasteiger charge is 2.07. The van der Waals surface area contributed by atoms with Crippen LogP contribution in [0.3, 0.4) is 0 Å². The van der Waals surface area contributed by atoms with E-state index in [2.05, 4.69) is 55.1 Å². The van der Waals surface area contributed by atoms with Gasteiger partial charge in [-0.25, -0.2) is 0 Å². The Morgan fingerprint density at radius 2 is 1.92 bits per heavy atom. The molecule has 0 N–H and O–H groups in total. The van der Waals surface area contributed by atoms with Gasteiger partial charge in [0.25, 0.3) is 0 Å². The maximum absolute atomic E-state index is 2.32. The van der Waals surface area contributed by atoms with E-state index in [-0.39, 0.29) is 0 Å².